The van der Waals surface area contributed by atoms with Gasteiger partial charge in [-0.1, -0.05) is 11.6 Å². The van der Waals surface area contributed by atoms with Crippen LogP contribution in [0.3, 0.4) is 0 Å². The number of hydrogen-bond acceptors (Lipinski definition) is 8. The lowest BCUT2D eigenvalue weighted by Gasteiger charge is -2.36. The number of hydrogen-bond donors (Lipinski definition) is 1. The van der Waals surface area contributed by atoms with Crippen LogP contribution in [0.5, 0.6) is 5.75 Å². The number of benzene rings is 1. The van der Waals surface area contributed by atoms with Crippen molar-refractivity contribution in [2.75, 3.05) is 63.5 Å². The number of rotatable bonds is 6. The minimum Gasteiger partial charge on any atom is -0.507 e. The number of nitrogens with zero attached hydrogens (tertiary/aromatic N) is 4. The summed E-state index contributed by atoms with van der Waals surface area (Å²) in [6, 6.07) is 7.79. The average molecular weight is 497 g/mol. The first-order valence-electron chi connectivity index (χ1n) is 10.9. The molecule has 0 radical (unpaired) electrons. The van der Waals surface area contributed by atoms with Crippen molar-refractivity contribution in [3.63, 3.8) is 0 Å². The Kier molecular flexibility index (Phi) is 7.30. The highest BCUT2D eigenvalue weighted by atomic mass is 35.5. The van der Waals surface area contributed by atoms with Crippen LogP contribution < -0.4 is 10.5 Å². The predicted octanol–water partition coefficient (Wildman–Crippen LogP) is 1.40. The van der Waals surface area contributed by atoms with Gasteiger partial charge >= 0.3 is 5.63 Å². The summed E-state index contributed by atoms with van der Waals surface area (Å²) in [7, 11) is -3.22. The van der Waals surface area contributed by atoms with E-state index in [1.807, 2.05) is 29.2 Å². The Bertz CT molecular complexity index is 1120. The predicted molar refractivity (Wildman–Crippen MR) is 127 cm³/mol. The second-order valence-corrected chi connectivity index (χ2v) is 11.0. The van der Waals surface area contributed by atoms with Gasteiger partial charge in [-0.15, -0.1) is 0 Å². The first kappa shape index (κ1) is 24.0. The summed E-state index contributed by atoms with van der Waals surface area (Å²) < 4.78 is 30.0. The van der Waals surface area contributed by atoms with Gasteiger partial charge in [-0.05, 0) is 24.3 Å². The fourth-order valence-corrected chi connectivity index (χ4v) is 5.25. The molecule has 0 aliphatic carbocycles. The van der Waals surface area contributed by atoms with Gasteiger partial charge in [0.2, 0.25) is 10.0 Å². The standard InChI is InChI=1S/C22H29ClN4O5S/c1-33(30,31)27-12-8-25(9-13-27)15-20-21(28)17(16-32-22(20)29)14-24-6-10-26(11-7-24)19-4-2-18(23)3-5-19/h2-5,16,28H,6-15H2,1H3. The van der Waals surface area contributed by atoms with E-state index in [0.29, 0.717) is 43.3 Å². The lowest BCUT2D eigenvalue weighted by atomic mass is 10.1. The Labute approximate surface area is 198 Å². The van der Waals surface area contributed by atoms with E-state index in [9.17, 15) is 18.3 Å². The monoisotopic (exact) mass is 496 g/mol. The molecule has 3 heterocycles. The van der Waals surface area contributed by atoms with Gasteiger partial charge in [0, 0.05) is 81.7 Å². The summed E-state index contributed by atoms with van der Waals surface area (Å²) >= 11 is 5.98. The molecular weight excluding hydrogens is 468 g/mol. The van der Waals surface area contributed by atoms with E-state index in [1.54, 1.807) is 0 Å². The number of piperazine rings is 2. The molecule has 11 heteroatoms. The lowest BCUT2D eigenvalue weighted by Crippen LogP contribution is -2.48. The third kappa shape index (κ3) is 5.88. The molecule has 0 saturated carbocycles. The van der Waals surface area contributed by atoms with Gasteiger partial charge in [-0.3, -0.25) is 9.80 Å². The van der Waals surface area contributed by atoms with Crippen LogP contribution in [-0.4, -0.2) is 86.2 Å². The van der Waals surface area contributed by atoms with Gasteiger partial charge in [0.05, 0.1) is 11.8 Å². The van der Waals surface area contributed by atoms with Crippen LogP contribution in [0.4, 0.5) is 5.69 Å². The summed E-state index contributed by atoms with van der Waals surface area (Å²) in [5.41, 5.74) is 1.37. The van der Waals surface area contributed by atoms with Crippen molar-refractivity contribution in [1.29, 1.82) is 0 Å². The maximum absolute atomic E-state index is 12.3. The van der Waals surface area contributed by atoms with Crippen molar-refractivity contribution >= 4 is 27.3 Å². The zero-order valence-corrected chi connectivity index (χ0v) is 20.2. The molecule has 180 valence electrons. The molecule has 33 heavy (non-hydrogen) atoms. The Hall–Kier alpha value is -2.11. The molecule has 0 amide bonds. The first-order valence-corrected chi connectivity index (χ1v) is 13.2. The lowest BCUT2D eigenvalue weighted by molar-refractivity contribution is 0.178. The molecule has 0 bridgehead atoms. The van der Waals surface area contributed by atoms with Crippen LogP contribution in [0.15, 0.2) is 39.7 Å². The van der Waals surface area contributed by atoms with E-state index in [2.05, 4.69) is 9.80 Å². The van der Waals surface area contributed by atoms with Crippen LogP contribution in [0.1, 0.15) is 11.1 Å². The maximum atomic E-state index is 12.3. The quantitative estimate of drug-likeness (QED) is 0.641. The molecule has 0 unspecified atom stereocenters. The van der Waals surface area contributed by atoms with Gasteiger partial charge in [0.1, 0.15) is 12.0 Å². The zero-order chi connectivity index (χ0) is 23.6. The topological polar surface area (TPSA) is 97.5 Å². The molecule has 2 aliphatic rings. The Morgan fingerprint density at radius 3 is 2.12 bits per heavy atom. The molecular formula is C22H29ClN4O5S. The van der Waals surface area contributed by atoms with Crippen LogP contribution in [0.2, 0.25) is 5.02 Å². The van der Waals surface area contributed by atoms with Crippen LogP contribution >= 0.6 is 11.6 Å². The minimum absolute atomic E-state index is 0.0306. The Morgan fingerprint density at radius 2 is 1.52 bits per heavy atom. The second kappa shape index (κ2) is 10.0. The van der Waals surface area contributed by atoms with Crippen molar-refractivity contribution < 1.29 is 17.9 Å². The largest absolute Gasteiger partial charge is 0.507 e. The van der Waals surface area contributed by atoms with Crippen LogP contribution in [0, 0.1) is 0 Å². The average Bonchev–Trinajstić information content (AvgIpc) is 2.79. The van der Waals surface area contributed by atoms with Crippen molar-refractivity contribution in [2.45, 2.75) is 13.1 Å². The fraction of sp³-hybridized carbons (Fsp3) is 0.500. The SMILES string of the molecule is CS(=O)(=O)N1CCN(Cc2c(O)c(CN3CCN(c4ccc(Cl)cc4)CC3)coc2=O)CC1. The number of halogens is 1. The summed E-state index contributed by atoms with van der Waals surface area (Å²) in [4.78, 5) is 18.8. The molecule has 1 aromatic heterocycles. The van der Waals surface area contributed by atoms with Gasteiger partial charge in [-0.25, -0.2) is 13.2 Å². The van der Waals surface area contributed by atoms with Crippen molar-refractivity contribution in [2.24, 2.45) is 0 Å². The van der Waals surface area contributed by atoms with E-state index in [-0.39, 0.29) is 17.9 Å². The van der Waals surface area contributed by atoms with E-state index in [1.165, 1.54) is 16.8 Å². The Morgan fingerprint density at radius 1 is 0.939 bits per heavy atom. The molecule has 2 fully saturated rings. The molecule has 1 N–H and O–H groups in total. The minimum atomic E-state index is -3.22. The third-order valence-electron chi connectivity index (χ3n) is 6.28. The van der Waals surface area contributed by atoms with Crippen molar-refractivity contribution in [3.8, 4) is 5.75 Å². The number of sulfonamides is 1. The smallest absolute Gasteiger partial charge is 0.343 e. The van der Waals surface area contributed by atoms with Gasteiger partial charge in [0.15, 0.2) is 0 Å². The van der Waals surface area contributed by atoms with Crippen LogP contribution in [-0.2, 0) is 23.1 Å². The van der Waals surface area contributed by atoms with Gasteiger partial charge in [-0.2, -0.15) is 4.31 Å². The van der Waals surface area contributed by atoms with E-state index in [4.69, 9.17) is 16.0 Å². The Balaban J connectivity index is 1.36. The van der Waals surface area contributed by atoms with Gasteiger partial charge < -0.3 is 14.4 Å². The summed E-state index contributed by atoms with van der Waals surface area (Å²) in [5, 5.41) is 11.5. The molecule has 9 nitrogen and oxygen atoms in total. The highest BCUT2D eigenvalue weighted by molar-refractivity contribution is 7.88. The fourth-order valence-electron chi connectivity index (χ4n) is 4.29. The second-order valence-electron chi connectivity index (χ2n) is 8.55. The normalized spacial score (nSPS) is 19.2. The third-order valence-corrected chi connectivity index (χ3v) is 7.84. The molecule has 0 spiro atoms. The first-order chi connectivity index (χ1) is 15.7. The van der Waals surface area contributed by atoms with Gasteiger partial charge in [0.25, 0.3) is 0 Å². The molecule has 1 aromatic carbocycles. The van der Waals surface area contributed by atoms with E-state index >= 15 is 0 Å². The summed E-state index contributed by atoms with van der Waals surface area (Å²) in [5.74, 6) is -0.0306. The summed E-state index contributed by atoms with van der Waals surface area (Å²) in [6.07, 6.45) is 2.54. The highest BCUT2D eigenvalue weighted by Crippen LogP contribution is 2.25. The zero-order valence-electron chi connectivity index (χ0n) is 18.6. The molecule has 0 atom stereocenters. The maximum Gasteiger partial charge on any atom is 0.343 e. The number of aromatic hydroxyl groups is 1. The molecule has 2 aliphatic heterocycles. The number of anilines is 1. The van der Waals surface area contributed by atoms with Crippen LogP contribution in [0.25, 0.3) is 0 Å². The van der Waals surface area contributed by atoms with E-state index < -0.39 is 15.6 Å². The van der Waals surface area contributed by atoms with E-state index in [0.717, 1.165) is 31.9 Å². The van der Waals surface area contributed by atoms with Crippen molar-refractivity contribution in [1.82, 2.24) is 14.1 Å². The molecule has 4 rings (SSSR count). The molecule has 2 aromatic rings. The highest BCUT2D eigenvalue weighted by Gasteiger charge is 2.26. The molecule has 2 saturated heterocycles. The summed E-state index contributed by atoms with van der Waals surface area (Å²) in [6.45, 7) is 5.72. The van der Waals surface area contributed by atoms with Crippen molar-refractivity contribution in [3.05, 3.63) is 57.1 Å².